The van der Waals surface area contributed by atoms with Crippen molar-refractivity contribution in [1.82, 2.24) is 0 Å². The fourth-order valence-electron chi connectivity index (χ4n) is 6.00. The number of hydrogen-bond acceptors (Lipinski definition) is 7. The van der Waals surface area contributed by atoms with Crippen LogP contribution in [0.25, 0.3) is 0 Å². The predicted molar refractivity (Wildman–Crippen MR) is 110 cm³/mol. The average Bonchev–Trinajstić information content (AvgIpc) is 3.31. The van der Waals surface area contributed by atoms with Crippen molar-refractivity contribution in [2.24, 2.45) is 27.6 Å². The molecule has 158 valence electrons. The summed E-state index contributed by atoms with van der Waals surface area (Å²) in [6.07, 6.45) is 3.61. The summed E-state index contributed by atoms with van der Waals surface area (Å²) < 4.78 is 5.88. The highest BCUT2D eigenvalue weighted by Crippen LogP contribution is 2.59. The molecule has 2 fully saturated rings. The Hall–Kier alpha value is -2.54. The molecular formula is C23H27N3O4. The van der Waals surface area contributed by atoms with E-state index in [1.54, 1.807) is 18.0 Å². The molecule has 0 bridgehead atoms. The summed E-state index contributed by atoms with van der Waals surface area (Å²) in [6, 6.07) is 6.07. The van der Waals surface area contributed by atoms with Gasteiger partial charge in [0.05, 0.1) is 17.6 Å². The molecule has 1 aromatic carbocycles. The van der Waals surface area contributed by atoms with Crippen molar-refractivity contribution < 1.29 is 19.4 Å². The number of fused-ring (bicyclic) bond motifs is 4. The lowest BCUT2D eigenvalue weighted by Gasteiger charge is -2.43. The van der Waals surface area contributed by atoms with E-state index in [1.165, 1.54) is 6.08 Å². The molecule has 1 N–H and O–H groups in total. The lowest BCUT2D eigenvalue weighted by molar-refractivity contribution is -0.166. The molecular weight excluding hydrogens is 382 g/mol. The minimum absolute atomic E-state index is 0.139. The molecule has 0 amide bonds. The van der Waals surface area contributed by atoms with E-state index < -0.39 is 28.6 Å². The molecule has 2 aliphatic heterocycles. The number of benzene rings is 1. The molecule has 2 heterocycles. The predicted octanol–water partition coefficient (Wildman–Crippen LogP) is 3.08. The van der Waals surface area contributed by atoms with E-state index in [1.807, 2.05) is 32.9 Å². The van der Waals surface area contributed by atoms with E-state index in [9.17, 15) is 14.7 Å². The van der Waals surface area contributed by atoms with Gasteiger partial charge in [-0.25, -0.2) is 9.80 Å². The van der Waals surface area contributed by atoms with Crippen molar-refractivity contribution in [1.29, 1.82) is 0 Å². The molecule has 1 saturated heterocycles. The largest absolute Gasteiger partial charge is 0.459 e. The van der Waals surface area contributed by atoms with E-state index in [0.717, 1.165) is 16.8 Å². The molecule has 5 rings (SSSR count). The van der Waals surface area contributed by atoms with Crippen LogP contribution in [0.15, 0.2) is 40.7 Å². The summed E-state index contributed by atoms with van der Waals surface area (Å²) in [7, 11) is 0. The number of allylic oxidation sites excluding steroid dienone is 1. The van der Waals surface area contributed by atoms with Gasteiger partial charge in [0.1, 0.15) is 11.7 Å². The Morgan fingerprint density at radius 1 is 1.23 bits per heavy atom. The maximum Gasteiger partial charge on any atom is 0.338 e. The van der Waals surface area contributed by atoms with Crippen molar-refractivity contribution in [3.63, 3.8) is 0 Å². The second kappa shape index (κ2) is 6.00. The van der Waals surface area contributed by atoms with Gasteiger partial charge in [0.15, 0.2) is 5.78 Å². The van der Waals surface area contributed by atoms with Gasteiger partial charge in [-0.15, -0.1) is 5.11 Å². The van der Waals surface area contributed by atoms with Crippen LogP contribution in [0.4, 0.5) is 5.69 Å². The number of hydrogen-bond donors (Lipinski definition) is 1. The number of carbonyl (C=O) groups is 2. The highest BCUT2D eigenvalue weighted by Gasteiger charge is 2.72. The molecule has 6 atom stereocenters. The van der Waals surface area contributed by atoms with Gasteiger partial charge in [0, 0.05) is 5.92 Å². The lowest BCUT2D eigenvalue weighted by atomic mass is 9.63. The van der Waals surface area contributed by atoms with Crippen molar-refractivity contribution in [2.75, 3.05) is 11.6 Å². The van der Waals surface area contributed by atoms with Crippen LogP contribution < -0.4 is 5.01 Å². The summed E-state index contributed by atoms with van der Waals surface area (Å²) in [5.41, 5.74) is -0.590. The molecule has 0 aromatic heterocycles. The van der Waals surface area contributed by atoms with Crippen LogP contribution in [0.1, 0.15) is 37.8 Å². The minimum Gasteiger partial charge on any atom is -0.459 e. The molecule has 1 aromatic rings. The normalized spacial score (nSPS) is 41.9. The Bertz CT molecular complexity index is 1020. The highest BCUT2D eigenvalue weighted by molar-refractivity contribution is 6.00. The lowest BCUT2D eigenvalue weighted by Crippen LogP contribution is -2.57. The Morgan fingerprint density at radius 2 is 2.00 bits per heavy atom. The number of aryl methyl sites for hydroxylation is 2. The van der Waals surface area contributed by atoms with Gasteiger partial charge in [0.2, 0.25) is 5.54 Å². The van der Waals surface area contributed by atoms with Gasteiger partial charge in [-0.3, -0.25) is 4.79 Å². The summed E-state index contributed by atoms with van der Waals surface area (Å²) in [5.74, 6) is -1.11. The topological polar surface area (TPSA) is 91.6 Å². The van der Waals surface area contributed by atoms with Crippen LogP contribution in [0, 0.1) is 31.1 Å². The summed E-state index contributed by atoms with van der Waals surface area (Å²) in [6.45, 7) is 8.01. The first-order valence-electron chi connectivity index (χ1n) is 10.6. The van der Waals surface area contributed by atoms with E-state index in [4.69, 9.17) is 4.74 Å². The van der Waals surface area contributed by atoms with Crippen LogP contribution in [0.3, 0.4) is 0 Å². The first kappa shape index (κ1) is 19.4. The molecule has 7 nitrogen and oxygen atoms in total. The van der Waals surface area contributed by atoms with Crippen molar-refractivity contribution in [3.8, 4) is 0 Å². The van der Waals surface area contributed by atoms with Crippen molar-refractivity contribution >= 4 is 17.4 Å². The summed E-state index contributed by atoms with van der Waals surface area (Å²) >= 11 is 0. The first-order valence-corrected chi connectivity index (χ1v) is 10.6. The Balaban J connectivity index is 1.54. The van der Waals surface area contributed by atoms with Crippen molar-refractivity contribution in [2.45, 2.75) is 57.8 Å². The molecule has 0 radical (unpaired) electrons. The fourth-order valence-corrected chi connectivity index (χ4v) is 6.00. The highest BCUT2D eigenvalue weighted by atomic mass is 16.6. The fraction of sp³-hybridized carbons (Fsp3) is 0.565. The monoisotopic (exact) mass is 409 g/mol. The third kappa shape index (κ3) is 2.19. The van der Waals surface area contributed by atoms with Gasteiger partial charge < -0.3 is 9.84 Å². The SMILES string of the molecule is Cc1ccc(N2CC3(N=N2)C(=O)OC2C3CC[C@H](C)[C@]3(O)C=CC(=O)[C@@]23C)c(C)c1. The zero-order valence-corrected chi connectivity index (χ0v) is 17.8. The number of ketones is 1. The summed E-state index contributed by atoms with van der Waals surface area (Å²) in [4.78, 5) is 26.1. The third-order valence-electron chi connectivity index (χ3n) is 7.98. The zero-order valence-electron chi connectivity index (χ0n) is 17.8. The number of anilines is 1. The van der Waals surface area contributed by atoms with Gasteiger partial charge in [-0.05, 0) is 63.3 Å². The van der Waals surface area contributed by atoms with E-state index in [0.29, 0.717) is 12.8 Å². The van der Waals surface area contributed by atoms with Crippen LogP contribution in [-0.4, -0.2) is 40.6 Å². The number of carbonyl (C=O) groups excluding carboxylic acids is 2. The standard InChI is InChI=1S/C23H27N3O4/c1-13-5-8-17(14(2)11-13)26-12-22(24-25-26)16-7-6-15(3)23(29)10-9-18(27)21(23,4)19(16)30-20(22)28/h5,8-11,15-16,19,29H,6-7,12H2,1-4H3/t15-,16?,19?,21-,22?,23+/m0/s1. The Morgan fingerprint density at radius 3 is 2.73 bits per heavy atom. The minimum atomic E-state index is -1.34. The first-order chi connectivity index (χ1) is 14.1. The molecule has 4 aliphatic rings. The van der Waals surface area contributed by atoms with Crippen molar-refractivity contribution in [3.05, 3.63) is 41.5 Å². The number of nitrogens with zero attached hydrogens (tertiary/aromatic N) is 3. The second-order valence-electron chi connectivity index (χ2n) is 9.60. The number of aliphatic hydroxyl groups is 1. The molecule has 1 saturated carbocycles. The number of rotatable bonds is 1. The zero-order chi connectivity index (χ0) is 21.5. The maximum absolute atomic E-state index is 13.2. The van der Waals surface area contributed by atoms with Crippen LogP contribution in [0.2, 0.25) is 0 Å². The van der Waals surface area contributed by atoms with Crippen LogP contribution in [0.5, 0.6) is 0 Å². The van der Waals surface area contributed by atoms with Gasteiger partial charge >= 0.3 is 5.97 Å². The molecule has 7 heteroatoms. The van der Waals surface area contributed by atoms with Gasteiger partial charge in [-0.2, -0.15) is 0 Å². The number of esters is 1. The molecule has 30 heavy (non-hydrogen) atoms. The molecule has 1 spiro atoms. The summed E-state index contributed by atoms with van der Waals surface area (Å²) in [5, 5.41) is 22.1. The Labute approximate surface area is 175 Å². The van der Waals surface area contributed by atoms with Crippen LogP contribution >= 0.6 is 0 Å². The quantitative estimate of drug-likeness (QED) is 0.720. The maximum atomic E-state index is 13.2. The Kier molecular flexibility index (Phi) is 3.89. The number of ether oxygens (including phenoxy) is 1. The van der Waals surface area contributed by atoms with Gasteiger partial charge in [0.25, 0.3) is 0 Å². The van der Waals surface area contributed by atoms with E-state index in [2.05, 4.69) is 16.4 Å². The van der Waals surface area contributed by atoms with Crippen LogP contribution in [-0.2, 0) is 14.3 Å². The van der Waals surface area contributed by atoms with E-state index in [-0.39, 0.29) is 24.2 Å². The molecule has 3 unspecified atom stereocenters. The molecule has 2 aliphatic carbocycles. The average molecular weight is 409 g/mol. The second-order valence-corrected chi connectivity index (χ2v) is 9.60. The third-order valence-corrected chi connectivity index (χ3v) is 7.98. The smallest absolute Gasteiger partial charge is 0.338 e. The van der Waals surface area contributed by atoms with E-state index >= 15 is 0 Å². The van der Waals surface area contributed by atoms with Gasteiger partial charge in [-0.1, -0.05) is 29.8 Å².